The maximum atomic E-state index is 11.2. The van der Waals surface area contributed by atoms with E-state index in [9.17, 15) is 28.8 Å². The highest BCUT2D eigenvalue weighted by Gasteiger charge is 2.37. The highest BCUT2D eigenvalue weighted by molar-refractivity contribution is 6.54. The normalized spacial score (nSPS) is 12.3. The largest absolute Gasteiger partial charge is 0.481 e. The summed E-state index contributed by atoms with van der Waals surface area (Å²) in [5.74, 6) is -4.59. The Bertz CT molecular complexity index is 1210. The van der Waals surface area contributed by atoms with E-state index in [2.05, 4.69) is 9.47 Å². The van der Waals surface area contributed by atoms with Gasteiger partial charge < -0.3 is 29.9 Å². The summed E-state index contributed by atoms with van der Waals surface area (Å²) in [6, 6.07) is 6.53. The zero-order valence-corrected chi connectivity index (χ0v) is 23.1. The summed E-state index contributed by atoms with van der Waals surface area (Å²) in [6.07, 6.45) is 1.02. The third-order valence-corrected chi connectivity index (χ3v) is 6.35. The molecule has 0 atom stereocenters. The van der Waals surface area contributed by atoms with E-state index in [1.165, 1.54) is 0 Å². The van der Waals surface area contributed by atoms with Crippen molar-refractivity contribution >= 4 is 82.2 Å². The van der Waals surface area contributed by atoms with Crippen LogP contribution in [0.4, 0.5) is 0 Å². The van der Waals surface area contributed by atoms with Crippen LogP contribution in [0.3, 0.4) is 0 Å². The number of carboxylic acid groups (broad SMARTS) is 2. The van der Waals surface area contributed by atoms with Crippen molar-refractivity contribution in [2.24, 2.45) is 0 Å². The lowest BCUT2D eigenvalue weighted by molar-refractivity contribution is -0.139. The first kappa shape index (κ1) is 34.8. The molecule has 2 heterocycles. The first-order valence-corrected chi connectivity index (χ1v) is 12.4. The van der Waals surface area contributed by atoms with Crippen LogP contribution in [0.2, 0.25) is 20.1 Å². The zero-order chi connectivity index (χ0) is 30.6. The van der Waals surface area contributed by atoms with Gasteiger partial charge in [0.15, 0.2) is 0 Å². The van der Waals surface area contributed by atoms with Crippen LogP contribution in [0.15, 0.2) is 24.3 Å². The third-order valence-electron chi connectivity index (χ3n) is 4.54. The van der Waals surface area contributed by atoms with Crippen molar-refractivity contribution in [2.45, 2.75) is 25.7 Å². The number of halogens is 4. The van der Waals surface area contributed by atoms with Crippen molar-refractivity contribution in [1.29, 1.82) is 0 Å². The lowest BCUT2D eigenvalue weighted by Crippen LogP contribution is -1.97. The van der Waals surface area contributed by atoms with Gasteiger partial charge in [0.25, 0.3) is 0 Å². The number of aliphatic carboxylic acids is 2. The lowest BCUT2D eigenvalue weighted by Gasteiger charge is -2.04. The molecule has 2 aliphatic rings. The number of cyclic esters (lactones) is 4. The fraction of sp³-hybridized carbons (Fsp3) is 0.250. The monoisotopic (exact) mass is 640 g/mol. The number of carbonyl (C=O) groups excluding carboxylic acids is 4. The Morgan fingerprint density at radius 1 is 0.600 bits per heavy atom. The predicted octanol–water partition coefficient (Wildman–Crippen LogP) is 4.30. The van der Waals surface area contributed by atoms with E-state index in [1.807, 2.05) is 0 Å². The summed E-state index contributed by atoms with van der Waals surface area (Å²) in [5.41, 5.74) is 0.442. The zero-order valence-electron chi connectivity index (χ0n) is 20.1. The van der Waals surface area contributed by atoms with Crippen LogP contribution in [-0.2, 0) is 19.1 Å². The molecule has 0 aromatic heterocycles. The van der Waals surface area contributed by atoms with Crippen molar-refractivity contribution in [3.05, 3.63) is 66.6 Å². The van der Waals surface area contributed by atoms with Crippen molar-refractivity contribution < 1.29 is 58.7 Å². The smallest absolute Gasteiger partial charge is 0.348 e. The number of carbonyl (C=O) groups is 6. The Morgan fingerprint density at radius 3 is 1.23 bits per heavy atom. The van der Waals surface area contributed by atoms with Gasteiger partial charge in [0.1, 0.15) is 0 Å². The number of fused-ring (bicyclic) bond motifs is 2. The first-order valence-electron chi connectivity index (χ1n) is 10.9. The summed E-state index contributed by atoms with van der Waals surface area (Å²) >= 11 is 22.9. The van der Waals surface area contributed by atoms with E-state index in [0.29, 0.717) is 24.0 Å². The molecular formula is C24H20Cl4O12. The molecule has 0 aliphatic carbocycles. The van der Waals surface area contributed by atoms with Crippen LogP contribution < -0.4 is 0 Å². The molecule has 2 aromatic carbocycles. The van der Waals surface area contributed by atoms with Crippen molar-refractivity contribution in [3.8, 4) is 0 Å². The van der Waals surface area contributed by atoms with Crippen LogP contribution in [0.5, 0.6) is 0 Å². The average Bonchev–Trinajstić information content (AvgIpc) is 3.38. The highest BCUT2D eigenvalue weighted by atomic mass is 35.5. The maximum Gasteiger partial charge on any atom is 0.348 e. The number of unbranched alkanes of at least 4 members (excludes halogenated alkanes) is 1. The summed E-state index contributed by atoms with van der Waals surface area (Å²) in [7, 11) is 0. The van der Waals surface area contributed by atoms with Gasteiger partial charge in [-0.2, -0.15) is 0 Å². The Hall–Kier alpha value is -3.26. The molecule has 4 rings (SSSR count). The van der Waals surface area contributed by atoms with Crippen LogP contribution in [-0.4, -0.2) is 69.5 Å². The van der Waals surface area contributed by atoms with Gasteiger partial charge in [0.05, 0.1) is 55.6 Å². The summed E-state index contributed by atoms with van der Waals surface area (Å²) < 4.78 is 8.69. The molecule has 0 fully saturated rings. The molecule has 16 heteroatoms. The number of esters is 4. The summed E-state index contributed by atoms with van der Waals surface area (Å²) in [5, 5.41) is 31.1. The van der Waals surface area contributed by atoms with Gasteiger partial charge >= 0.3 is 35.8 Å². The van der Waals surface area contributed by atoms with E-state index < -0.39 is 35.8 Å². The minimum atomic E-state index is -0.875. The molecule has 0 saturated carbocycles. The van der Waals surface area contributed by atoms with Gasteiger partial charge in [-0.25, -0.2) is 19.2 Å². The molecular weight excluding hydrogens is 622 g/mol. The van der Waals surface area contributed by atoms with E-state index in [0.717, 1.165) is 0 Å². The molecule has 0 amide bonds. The van der Waals surface area contributed by atoms with E-state index in [-0.39, 0.29) is 57.3 Å². The Kier molecular flexibility index (Phi) is 14.6. The van der Waals surface area contributed by atoms with E-state index in [1.54, 1.807) is 24.3 Å². The predicted molar refractivity (Wildman–Crippen MR) is 140 cm³/mol. The molecule has 0 radical (unpaired) electrons. The van der Waals surface area contributed by atoms with E-state index >= 15 is 0 Å². The summed E-state index contributed by atoms with van der Waals surface area (Å²) in [6.45, 7) is -0.250. The topological polar surface area (TPSA) is 202 Å². The number of carboxylic acids is 2. The maximum absolute atomic E-state index is 11.2. The van der Waals surface area contributed by atoms with Gasteiger partial charge in [-0.05, 0) is 25.0 Å². The van der Waals surface area contributed by atoms with Gasteiger partial charge in [0.2, 0.25) is 0 Å². The second-order valence-electron chi connectivity index (χ2n) is 7.35. The number of hydrogen-bond acceptors (Lipinski definition) is 10. The highest BCUT2D eigenvalue weighted by Crippen LogP contribution is 2.44. The van der Waals surface area contributed by atoms with E-state index in [4.69, 9.17) is 66.8 Å². The van der Waals surface area contributed by atoms with Crippen molar-refractivity contribution in [1.82, 2.24) is 0 Å². The molecule has 40 heavy (non-hydrogen) atoms. The van der Waals surface area contributed by atoms with Crippen LogP contribution >= 0.6 is 46.4 Å². The molecule has 0 unspecified atom stereocenters. The standard InChI is InChI=1S/C8Cl4O3.C8H4O3.C6H10O4.C2H6O2/c9-3-1-2(8(14)15-7(1)13)4(10)6(12)5(3)11;9-7-5-3-1-2-4-6(5)8(10)11-7;7-5(8)3-1-2-4-6(9)10;3-1-2-4/h;1-4H;1-4H2,(H,7,8)(H,9,10);3-4H,1-2H2. The number of ether oxygens (including phenoxy) is 2. The first-order chi connectivity index (χ1) is 18.8. The van der Waals surface area contributed by atoms with Gasteiger partial charge in [-0.3, -0.25) is 9.59 Å². The number of rotatable bonds is 6. The fourth-order valence-corrected chi connectivity index (χ4v) is 3.79. The molecule has 0 bridgehead atoms. The second-order valence-corrected chi connectivity index (χ2v) is 8.86. The Labute approximate surface area is 245 Å². The van der Waals surface area contributed by atoms with Crippen molar-refractivity contribution in [3.63, 3.8) is 0 Å². The summed E-state index contributed by atoms with van der Waals surface area (Å²) in [4.78, 5) is 63.9. The molecule has 0 saturated heterocycles. The Balaban J connectivity index is 0.000000287. The number of aliphatic hydroxyl groups is 2. The van der Waals surface area contributed by atoms with Crippen LogP contribution in [0, 0.1) is 0 Å². The second kappa shape index (κ2) is 16.8. The lowest BCUT2D eigenvalue weighted by atomic mass is 10.1. The number of hydrogen-bond donors (Lipinski definition) is 4. The minimum Gasteiger partial charge on any atom is -0.481 e. The van der Waals surface area contributed by atoms with Gasteiger partial charge in [0, 0.05) is 12.8 Å². The van der Waals surface area contributed by atoms with Gasteiger partial charge in [-0.1, -0.05) is 58.5 Å². The minimum absolute atomic E-state index is 0.0628. The average molecular weight is 642 g/mol. The number of benzene rings is 2. The molecule has 2 aromatic rings. The molecule has 216 valence electrons. The SMILES string of the molecule is O=C(O)CCCCC(=O)O.O=C1OC(=O)c2c(Cl)c(Cl)c(Cl)c(Cl)c21.O=C1OC(=O)c2ccccc21.OCCO. The quantitative estimate of drug-likeness (QED) is 0.115. The molecule has 2 aliphatic heterocycles. The molecule has 12 nitrogen and oxygen atoms in total. The fourth-order valence-electron chi connectivity index (χ4n) is 2.79. The molecule has 4 N–H and O–H groups in total. The van der Waals surface area contributed by atoms with Crippen LogP contribution in [0.25, 0.3) is 0 Å². The Morgan fingerprint density at radius 2 is 0.925 bits per heavy atom. The van der Waals surface area contributed by atoms with Gasteiger partial charge in [-0.15, -0.1) is 0 Å². The third kappa shape index (κ3) is 9.73. The van der Waals surface area contributed by atoms with Crippen molar-refractivity contribution in [2.75, 3.05) is 13.2 Å². The van der Waals surface area contributed by atoms with Crippen LogP contribution in [0.1, 0.15) is 67.1 Å². The number of aliphatic hydroxyl groups excluding tert-OH is 2. The molecule has 0 spiro atoms.